The van der Waals surface area contributed by atoms with Gasteiger partial charge < -0.3 is 9.64 Å². The number of fused-ring (bicyclic) bond motifs is 1. The Hall–Kier alpha value is -1.72. The second-order valence-corrected chi connectivity index (χ2v) is 5.92. The zero-order valence-corrected chi connectivity index (χ0v) is 13.5. The van der Waals surface area contributed by atoms with Gasteiger partial charge in [-0.25, -0.2) is 4.98 Å². The van der Waals surface area contributed by atoms with E-state index in [4.69, 9.17) is 16.3 Å². The van der Waals surface area contributed by atoms with Gasteiger partial charge in [0.2, 0.25) is 0 Å². The highest BCUT2D eigenvalue weighted by molar-refractivity contribution is 7.15. The Morgan fingerprint density at radius 3 is 2.76 bits per heavy atom. The summed E-state index contributed by atoms with van der Waals surface area (Å²) in [5.74, 6) is 2.25. The van der Waals surface area contributed by atoms with Gasteiger partial charge in [0.05, 0.1) is 18.7 Å². The van der Waals surface area contributed by atoms with Gasteiger partial charge in [0, 0.05) is 25.2 Å². The Balaban J connectivity index is 1.85. The molecular weight excluding hydrogens is 306 g/mol. The van der Waals surface area contributed by atoms with Crippen LogP contribution in [-0.4, -0.2) is 23.5 Å². The number of hydrogen-bond donors (Lipinski definition) is 0. The number of benzene rings is 1. The van der Waals surface area contributed by atoms with Crippen LogP contribution in [0, 0.1) is 0 Å². The molecule has 0 aliphatic heterocycles. The minimum absolute atomic E-state index is 0.445. The molecule has 6 heteroatoms. The molecule has 0 saturated heterocycles. The highest BCUT2D eigenvalue weighted by atomic mass is 35.5. The molecule has 0 aliphatic rings. The van der Waals surface area contributed by atoms with Crippen molar-refractivity contribution in [1.82, 2.24) is 9.38 Å². The number of imidazole rings is 1. The van der Waals surface area contributed by atoms with Gasteiger partial charge in [-0.2, -0.15) is 0 Å². The number of aromatic nitrogens is 2. The number of rotatable bonds is 5. The number of thiazole rings is 1. The molecule has 0 aliphatic carbocycles. The fourth-order valence-electron chi connectivity index (χ4n) is 2.33. The molecule has 2 aromatic heterocycles. The lowest BCUT2D eigenvalue weighted by molar-refractivity contribution is 0.414. The topological polar surface area (TPSA) is 29.8 Å². The Kier molecular flexibility index (Phi) is 4.03. The second-order valence-electron chi connectivity index (χ2n) is 4.78. The van der Waals surface area contributed by atoms with Gasteiger partial charge in [0.25, 0.3) is 0 Å². The molecule has 0 spiro atoms. The number of hydrogen-bond acceptors (Lipinski definition) is 4. The first-order chi connectivity index (χ1) is 10.2. The summed E-state index contributed by atoms with van der Waals surface area (Å²) in [6.07, 6.45) is 2.01. The van der Waals surface area contributed by atoms with E-state index < -0.39 is 0 Å². The minimum atomic E-state index is 0.445. The van der Waals surface area contributed by atoms with Gasteiger partial charge in [-0.1, -0.05) is 12.1 Å². The van der Waals surface area contributed by atoms with Crippen molar-refractivity contribution in [3.8, 4) is 5.75 Å². The molecule has 0 atom stereocenters. The maximum absolute atomic E-state index is 6.10. The summed E-state index contributed by atoms with van der Waals surface area (Å²) in [5.41, 5.74) is 2.24. The highest BCUT2D eigenvalue weighted by Crippen LogP contribution is 2.26. The van der Waals surface area contributed by atoms with Crippen LogP contribution in [0.4, 0.5) is 5.82 Å². The van der Waals surface area contributed by atoms with Gasteiger partial charge in [-0.15, -0.1) is 22.9 Å². The van der Waals surface area contributed by atoms with Crippen LogP contribution in [0.5, 0.6) is 5.75 Å². The number of halogens is 1. The highest BCUT2D eigenvalue weighted by Gasteiger charge is 2.16. The molecule has 21 heavy (non-hydrogen) atoms. The smallest absolute Gasteiger partial charge is 0.195 e. The van der Waals surface area contributed by atoms with E-state index >= 15 is 0 Å². The molecule has 0 unspecified atom stereocenters. The predicted octanol–water partition coefficient (Wildman–Crippen LogP) is 3.78. The fraction of sp³-hybridized carbons (Fsp3) is 0.267. The summed E-state index contributed by atoms with van der Waals surface area (Å²) in [4.78, 5) is 7.77. The lowest BCUT2D eigenvalue weighted by Crippen LogP contribution is -2.18. The van der Waals surface area contributed by atoms with Crippen molar-refractivity contribution in [1.29, 1.82) is 0 Å². The average Bonchev–Trinajstić information content (AvgIpc) is 3.08. The maximum Gasteiger partial charge on any atom is 0.195 e. The average molecular weight is 322 g/mol. The third kappa shape index (κ3) is 2.71. The summed E-state index contributed by atoms with van der Waals surface area (Å²) in [5, 5.41) is 2.02. The Bertz CT molecular complexity index is 735. The summed E-state index contributed by atoms with van der Waals surface area (Å²) >= 11 is 7.71. The fourth-order valence-corrected chi connectivity index (χ4v) is 3.31. The SMILES string of the molecule is COc1ccc(CN(C)c2nc3sccn3c2CCl)cc1. The Morgan fingerprint density at radius 2 is 2.10 bits per heavy atom. The number of anilines is 1. The standard InChI is InChI=1S/C15H16ClN3OS/c1-18(10-11-3-5-12(20-2)6-4-11)14-13(9-16)19-7-8-21-15(19)17-14/h3-8H,9-10H2,1-2H3. The van der Waals surface area contributed by atoms with Crippen molar-refractivity contribution in [2.24, 2.45) is 0 Å². The van der Waals surface area contributed by atoms with E-state index in [1.807, 2.05) is 30.8 Å². The van der Waals surface area contributed by atoms with Crippen LogP contribution in [0.25, 0.3) is 4.96 Å². The molecule has 1 aromatic carbocycles. The van der Waals surface area contributed by atoms with Gasteiger partial charge >= 0.3 is 0 Å². The minimum Gasteiger partial charge on any atom is -0.497 e. The monoisotopic (exact) mass is 321 g/mol. The third-order valence-electron chi connectivity index (χ3n) is 3.41. The van der Waals surface area contributed by atoms with Crippen LogP contribution in [-0.2, 0) is 12.4 Å². The quantitative estimate of drug-likeness (QED) is 0.670. The summed E-state index contributed by atoms with van der Waals surface area (Å²) in [7, 11) is 3.71. The molecule has 2 heterocycles. The Labute approximate surface area is 132 Å². The van der Waals surface area contributed by atoms with Gasteiger partial charge in [-0.3, -0.25) is 4.40 Å². The molecule has 4 nitrogen and oxygen atoms in total. The van der Waals surface area contributed by atoms with E-state index in [0.717, 1.165) is 28.8 Å². The first-order valence-electron chi connectivity index (χ1n) is 6.57. The van der Waals surface area contributed by atoms with Gasteiger partial charge in [0.15, 0.2) is 10.8 Å². The van der Waals surface area contributed by atoms with Gasteiger partial charge in [-0.05, 0) is 17.7 Å². The zero-order chi connectivity index (χ0) is 14.8. The summed E-state index contributed by atoms with van der Waals surface area (Å²) in [6, 6.07) is 8.07. The lowest BCUT2D eigenvalue weighted by Gasteiger charge is -2.18. The van der Waals surface area contributed by atoms with Crippen LogP contribution in [0.15, 0.2) is 35.8 Å². The molecule has 0 saturated carbocycles. The molecule has 0 fully saturated rings. The van der Waals surface area contributed by atoms with E-state index in [2.05, 4.69) is 26.4 Å². The van der Waals surface area contributed by atoms with Crippen LogP contribution < -0.4 is 9.64 Å². The Morgan fingerprint density at radius 1 is 1.33 bits per heavy atom. The summed E-state index contributed by atoms with van der Waals surface area (Å²) in [6.45, 7) is 0.777. The van der Waals surface area contributed by atoms with E-state index in [1.54, 1.807) is 18.4 Å². The van der Waals surface area contributed by atoms with Crippen molar-refractivity contribution in [2.75, 3.05) is 19.1 Å². The first-order valence-corrected chi connectivity index (χ1v) is 7.99. The third-order valence-corrected chi connectivity index (χ3v) is 4.42. The van der Waals surface area contributed by atoms with Crippen molar-refractivity contribution in [3.05, 3.63) is 47.1 Å². The van der Waals surface area contributed by atoms with Crippen LogP contribution in [0.1, 0.15) is 11.3 Å². The molecule has 0 N–H and O–H groups in total. The number of nitrogens with zero attached hydrogens (tertiary/aromatic N) is 3. The van der Waals surface area contributed by atoms with Crippen molar-refractivity contribution in [2.45, 2.75) is 12.4 Å². The molecule has 0 bridgehead atoms. The van der Waals surface area contributed by atoms with Crippen LogP contribution >= 0.6 is 22.9 Å². The van der Waals surface area contributed by atoms with Crippen LogP contribution in [0.3, 0.4) is 0 Å². The molecular formula is C15H16ClN3OS. The van der Waals surface area contributed by atoms with E-state index in [1.165, 1.54) is 5.56 Å². The van der Waals surface area contributed by atoms with Crippen LogP contribution in [0.2, 0.25) is 0 Å². The number of methoxy groups -OCH3 is 1. The number of ether oxygens (including phenoxy) is 1. The van der Waals surface area contributed by atoms with Crippen molar-refractivity contribution >= 4 is 33.7 Å². The largest absolute Gasteiger partial charge is 0.497 e. The van der Waals surface area contributed by atoms with Crippen molar-refractivity contribution in [3.63, 3.8) is 0 Å². The zero-order valence-electron chi connectivity index (χ0n) is 11.9. The molecule has 0 radical (unpaired) electrons. The first kappa shape index (κ1) is 14.2. The molecule has 110 valence electrons. The van der Waals surface area contributed by atoms with E-state index in [9.17, 15) is 0 Å². The van der Waals surface area contributed by atoms with Crippen molar-refractivity contribution < 1.29 is 4.74 Å². The molecule has 3 aromatic rings. The number of alkyl halides is 1. The van der Waals surface area contributed by atoms with E-state index in [0.29, 0.717) is 5.88 Å². The second kappa shape index (κ2) is 5.95. The molecule has 3 rings (SSSR count). The summed E-state index contributed by atoms with van der Waals surface area (Å²) < 4.78 is 7.23. The lowest BCUT2D eigenvalue weighted by atomic mass is 10.2. The van der Waals surface area contributed by atoms with Gasteiger partial charge in [0.1, 0.15) is 5.75 Å². The van der Waals surface area contributed by atoms with E-state index in [-0.39, 0.29) is 0 Å². The maximum atomic E-state index is 6.10. The predicted molar refractivity (Wildman–Crippen MR) is 87.7 cm³/mol. The molecule has 0 amide bonds. The normalized spacial score (nSPS) is 11.0.